The number of halogens is 1. The van der Waals surface area contributed by atoms with Crippen molar-refractivity contribution in [3.63, 3.8) is 0 Å². The Balaban J connectivity index is 1.24. The van der Waals surface area contributed by atoms with Crippen molar-refractivity contribution in [3.8, 4) is 5.75 Å². The minimum atomic E-state index is -0.941. The molecule has 0 radical (unpaired) electrons. The molecule has 0 unspecified atom stereocenters. The van der Waals surface area contributed by atoms with E-state index in [2.05, 4.69) is 15.1 Å². The standard InChI is InChI=1S/C33H42ClN5O6/c34-28-21-24(5-6-30(28)41)23-45-32(43)39-15-10-27(38-14-7-25-3-1-2-4-29(25)35-31(38)42)22-33(39,11-18-40)37-12-8-26(9-13-37)36-16-19-44-20-17-36/h1-6,18,21,26-27,41H,7-17,19-20,22-23H2,(H,35,42)/t27-,33+/m1/s1. The van der Waals surface area contributed by atoms with Gasteiger partial charge in [-0.2, -0.15) is 0 Å². The number of piperidine rings is 2. The number of nitrogens with one attached hydrogen (secondary N) is 1. The lowest BCUT2D eigenvalue weighted by Crippen LogP contribution is -2.70. The number of hydrogen-bond donors (Lipinski definition) is 2. The van der Waals surface area contributed by atoms with E-state index in [0.29, 0.717) is 37.5 Å². The van der Waals surface area contributed by atoms with Gasteiger partial charge in [-0.05, 0) is 55.0 Å². The van der Waals surface area contributed by atoms with E-state index < -0.39 is 11.8 Å². The first-order valence-corrected chi connectivity index (χ1v) is 16.3. The molecule has 242 valence electrons. The number of aldehydes is 1. The summed E-state index contributed by atoms with van der Waals surface area (Å²) in [5.41, 5.74) is 1.62. The molecule has 0 bridgehead atoms. The number of carbonyl (C=O) groups excluding carboxylic acids is 3. The second-order valence-electron chi connectivity index (χ2n) is 12.4. The highest BCUT2D eigenvalue weighted by atomic mass is 35.5. The smallest absolute Gasteiger partial charge is 0.411 e. The third kappa shape index (κ3) is 6.77. The summed E-state index contributed by atoms with van der Waals surface area (Å²) >= 11 is 6.08. The maximum atomic E-state index is 13.9. The lowest BCUT2D eigenvalue weighted by molar-refractivity contribution is -0.129. The first-order chi connectivity index (χ1) is 21.9. The summed E-state index contributed by atoms with van der Waals surface area (Å²) in [6.45, 7) is 5.62. The molecule has 11 nitrogen and oxygen atoms in total. The predicted octanol–water partition coefficient (Wildman–Crippen LogP) is 4.32. The molecule has 0 aliphatic carbocycles. The summed E-state index contributed by atoms with van der Waals surface area (Å²) in [5, 5.41) is 13.1. The molecule has 4 heterocycles. The highest BCUT2D eigenvalue weighted by molar-refractivity contribution is 6.32. The average Bonchev–Trinajstić information content (AvgIpc) is 3.23. The second-order valence-corrected chi connectivity index (χ2v) is 12.8. The molecular weight excluding hydrogens is 598 g/mol. The number of rotatable bonds is 7. The fourth-order valence-corrected chi connectivity index (χ4v) is 7.75. The normalized spacial score (nSPS) is 25.3. The van der Waals surface area contributed by atoms with E-state index in [4.69, 9.17) is 21.1 Å². The molecule has 6 rings (SSSR count). The first-order valence-electron chi connectivity index (χ1n) is 16.0. The van der Waals surface area contributed by atoms with Crippen molar-refractivity contribution in [1.82, 2.24) is 19.6 Å². The number of phenols is 1. The summed E-state index contributed by atoms with van der Waals surface area (Å²) in [6, 6.07) is 12.6. The van der Waals surface area contributed by atoms with Crippen LogP contribution in [0.3, 0.4) is 0 Å². The van der Waals surface area contributed by atoms with Crippen LogP contribution in [-0.2, 0) is 27.3 Å². The quantitative estimate of drug-likeness (QED) is 0.431. The van der Waals surface area contributed by atoms with Crippen molar-refractivity contribution in [3.05, 3.63) is 58.6 Å². The number of morpholine rings is 1. The van der Waals surface area contributed by atoms with Crippen LogP contribution in [0.5, 0.6) is 5.75 Å². The molecule has 0 saturated carbocycles. The Kier molecular flexibility index (Phi) is 9.79. The third-order valence-electron chi connectivity index (χ3n) is 9.95. The summed E-state index contributed by atoms with van der Waals surface area (Å²) in [4.78, 5) is 48.3. The number of para-hydroxylation sites is 1. The third-order valence-corrected chi connectivity index (χ3v) is 10.3. The monoisotopic (exact) mass is 639 g/mol. The Morgan fingerprint density at radius 3 is 2.56 bits per heavy atom. The van der Waals surface area contributed by atoms with Crippen molar-refractivity contribution in [1.29, 1.82) is 0 Å². The SMILES string of the molecule is O=CC[C@@]1(N2CCC(N3CCOCC3)CC2)C[C@H](N2CCc3ccccc3NC2=O)CCN1C(=O)OCc1ccc(O)c(Cl)c1. The highest BCUT2D eigenvalue weighted by Crippen LogP contribution is 2.40. The number of carbonyl (C=O) groups is 3. The molecule has 2 N–H and O–H groups in total. The maximum absolute atomic E-state index is 13.9. The largest absolute Gasteiger partial charge is 0.506 e. The fraction of sp³-hybridized carbons (Fsp3) is 0.545. The Bertz CT molecular complexity index is 1380. The summed E-state index contributed by atoms with van der Waals surface area (Å²) in [6.07, 6.45) is 4.06. The van der Waals surface area contributed by atoms with Crippen molar-refractivity contribution in [2.75, 3.05) is 57.8 Å². The number of hydrogen-bond acceptors (Lipinski definition) is 8. The van der Waals surface area contributed by atoms with Crippen molar-refractivity contribution in [2.45, 2.75) is 62.9 Å². The Morgan fingerprint density at radius 2 is 1.80 bits per heavy atom. The van der Waals surface area contributed by atoms with Gasteiger partial charge in [-0.3, -0.25) is 14.7 Å². The molecular formula is C33H42ClN5O6. The lowest BCUT2D eigenvalue weighted by Gasteiger charge is -2.57. The Morgan fingerprint density at radius 1 is 1.04 bits per heavy atom. The van der Waals surface area contributed by atoms with Crippen LogP contribution < -0.4 is 5.32 Å². The van der Waals surface area contributed by atoms with E-state index in [-0.39, 0.29) is 35.9 Å². The van der Waals surface area contributed by atoms with Gasteiger partial charge in [0.1, 0.15) is 24.3 Å². The Labute approximate surface area is 269 Å². The van der Waals surface area contributed by atoms with Gasteiger partial charge in [-0.25, -0.2) is 9.59 Å². The van der Waals surface area contributed by atoms with Crippen LogP contribution in [0, 0.1) is 0 Å². The maximum Gasteiger partial charge on any atom is 0.411 e. The van der Waals surface area contributed by atoms with Gasteiger partial charge in [-0.1, -0.05) is 35.9 Å². The molecule has 2 aromatic rings. The van der Waals surface area contributed by atoms with Crippen molar-refractivity contribution >= 4 is 35.7 Å². The topological polar surface area (TPSA) is 115 Å². The van der Waals surface area contributed by atoms with E-state index in [1.807, 2.05) is 29.2 Å². The first kappa shape index (κ1) is 31.6. The number of phenolic OH excluding ortho intramolecular Hbond substituents is 1. The molecule has 2 aromatic carbocycles. The number of likely N-dealkylation sites (tertiary alicyclic amines) is 2. The van der Waals surface area contributed by atoms with E-state index in [0.717, 1.165) is 76.2 Å². The second kappa shape index (κ2) is 13.9. The number of ether oxygens (including phenoxy) is 2. The number of urea groups is 1. The molecule has 4 aliphatic heterocycles. The van der Waals surface area contributed by atoms with E-state index in [9.17, 15) is 19.5 Å². The molecule has 0 spiro atoms. The number of fused-ring (bicyclic) bond motifs is 1. The summed E-state index contributed by atoms with van der Waals surface area (Å²) in [5.74, 6) is -0.0417. The number of nitrogens with zero attached hydrogens (tertiary/aromatic N) is 4. The van der Waals surface area contributed by atoms with Gasteiger partial charge in [0.15, 0.2) is 0 Å². The zero-order chi connectivity index (χ0) is 31.4. The van der Waals surface area contributed by atoms with Crippen LogP contribution in [0.4, 0.5) is 15.3 Å². The summed E-state index contributed by atoms with van der Waals surface area (Å²) < 4.78 is 11.4. The number of anilines is 1. The summed E-state index contributed by atoms with van der Waals surface area (Å²) in [7, 11) is 0. The van der Waals surface area contributed by atoms with E-state index in [1.54, 1.807) is 17.0 Å². The van der Waals surface area contributed by atoms with Crippen LogP contribution in [0.1, 0.15) is 43.2 Å². The van der Waals surface area contributed by atoms with Crippen LogP contribution >= 0.6 is 11.6 Å². The minimum Gasteiger partial charge on any atom is -0.506 e. The van der Waals surface area contributed by atoms with Crippen molar-refractivity contribution in [2.24, 2.45) is 0 Å². The molecule has 3 amide bonds. The highest BCUT2D eigenvalue weighted by Gasteiger charge is 2.52. The van der Waals surface area contributed by atoms with Gasteiger partial charge in [0, 0.05) is 69.9 Å². The van der Waals surface area contributed by atoms with Crippen LogP contribution in [0.15, 0.2) is 42.5 Å². The number of amides is 3. The molecule has 3 saturated heterocycles. The van der Waals surface area contributed by atoms with Crippen LogP contribution in [-0.4, -0.2) is 113 Å². The zero-order valence-electron chi connectivity index (χ0n) is 25.5. The van der Waals surface area contributed by atoms with Gasteiger partial charge >= 0.3 is 12.1 Å². The molecule has 3 fully saturated rings. The number of aromatic hydroxyl groups is 1. The fourth-order valence-electron chi connectivity index (χ4n) is 7.55. The number of benzene rings is 2. The molecule has 0 aromatic heterocycles. The zero-order valence-corrected chi connectivity index (χ0v) is 26.3. The van der Waals surface area contributed by atoms with Crippen LogP contribution in [0.2, 0.25) is 5.02 Å². The molecule has 2 atom stereocenters. The van der Waals surface area contributed by atoms with Gasteiger partial charge in [0.2, 0.25) is 0 Å². The van der Waals surface area contributed by atoms with Gasteiger partial charge in [-0.15, -0.1) is 0 Å². The minimum absolute atomic E-state index is 0.0260. The lowest BCUT2D eigenvalue weighted by atomic mass is 9.84. The van der Waals surface area contributed by atoms with Gasteiger partial charge in [0.25, 0.3) is 0 Å². The van der Waals surface area contributed by atoms with E-state index in [1.165, 1.54) is 6.07 Å². The molecule has 45 heavy (non-hydrogen) atoms. The van der Waals surface area contributed by atoms with Gasteiger partial charge < -0.3 is 29.6 Å². The van der Waals surface area contributed by atoms with Crippen molar-refractivity contribution < 1.29 is 29.0 Å². The average molecular weight is 640 g/mol. The predicted molar refractivity (Wildman–Crippen MR) is 169 cm³/mol. The van der Waals surface area contributed by atoms with Crippen LogP contribution in [0.25, 0.3) is 0 Å². The van der Waals surface area contributed by atoms with E-state index >= 15 is 0 Å². The molecule has 4 aliphatic rings. The van der Waals surface area contributed by atoms with Gasteiger partial charge in [0.05, 0.1) is 18.2 Å². The Hall–Kier alpha value is -3.38. The molecule has 12 heteroatoms.